The minimum atomic E-state index is -0.733. The fourth-order valence-electron chi connectivity index (χ4n) is 4.82. The van der Waals surface area contributed by atoms with Gasteiger partial charge in [-0.15, -0.1) is 0 Å². The quantitative estimate of drug-likeness (QED) is 0.409. The van der Waals surface area contributed by atoms with Gasteiger partial charge in [-0.1, -0.05) is 24.3 Å². The number of anilines is 1. The summed E-state index contributed by atoms with van der Waals surface area (Å²) in [4.78, 5) is 50.4. The predicted octanol–water partition coefficient (Wildman–Crippen LogP) is 0.389. The van der Waals surface area contributed by atoms with Gasteiger partial charge in [0.15, 0.2) is 5.52 Å². The molecule has 0 bridgehead atoms. The molecule has 5 rings (SSSR count). The van der Waals surface area contributed by atoms with Gasteiger partial charge in [-0.05, 0) is 31.9 Å². The summed E-state index contributed by atoms with van der Waals surface area (Å²) in [7, 11) is 0. The van der Waals surface area contributed by atoms with Crippen molar-refractivity contribution in [2.75, 3.05) is 18.0 Å². The average molecular weight is 477 g/mol. The van der Waals surface area contributed by atoms with Gasteiger partial charge in [-0.3, -0.25) is 19.4 Å². The second-order valence-corrected chi connectivity index (χ2v) is 8.89. The molecule has 182 valence electrons. The summed E-state index contributed by atoms with van der Waals surface area (Å²) in [5.74, 6) is -0.192. The number of amides is 1. The molecule has 1 aliphatic rings. The molecule has 0 radical (unpaired) electrons. The lowest BCUT2D eigenvalue weighted by atomic mass is 10.1. The van der Waals surface area contributed by atoms with Gasteiger partial charge in [0, 0.05) is 31.1 Å². The van der Waals surface area contributed by atoms with Crippen LogP contribution in [0.2, 0.25) is 0 Å². The van der Waals surface area contributed by atoms with E-state index in [1.54, 1.807) is 10.6 Å². The van der Waals surface area contributed by atoms with Crippen LogP contribution < -0.4 is 27.5 Å². The van der Waals surface area contributed by atoms with Crippen LogP contribution in [0.5, 0.6) is 0 Å². The number of pyridine rings is 1. The molecule has 11 heteroatoms. The van der Waals surface area contributed by atoms with Crippen molar-refractivity contribution in [3.63, 3.8) is 0 Å². The molecule has 0 aliphatic carbocycles. The average Bonchev–Trinajstić information content (AvgIpc) is 3.24. The Hall–Kier alpha value is -3.99. The Kier molecular flexibility index (Phi) is 5.85. The Morgan fingerprint density at radius 2 is 1.89 bits per heavy atom. The first-order valence-electron chi connectivity index (χ1n) is 11.7. The standard InChI is InChI=1S/C24H28N8O3/c1-2-30-21-20(28-24(30)29-11-5-7-16(25)12-29)22(34)32(14-19(26)33)31(23(21)35)13-17-10-9-15-6-3-4-8-18(15)27-17/h3-4,6,8-10,16H,2,5,7,11-14,25H2,1H3,(H2,26,33)/t16-/m1/s1. The Morgan fingerprint density at radius 1 is 1.09 bits per heavy atom. The molecule has 1 fully saturated rings. The number of hydrogen-bond donors (Lipinski definition) is 2. The van der Waals surface area contributed by atoms with Crippen LogP contribution in [0.15, 0.2) is 46.0 Å². The highest BCUT2D eigenvalue weighted by molar-refractivity contribution is 5.79. The summed E-state index contributed by atoms with van der Waals surface area (Å²) >= 11 is 0. The van der Waals surface area contributed by atoms with E-state index in [1.807, 2.05) is 42.2 Å². The van der Waals surface area contributed by atoms with E-state index in [0.717, 1.165) is 35.0 Å². The number of imidazole rings is 1. The molecule has 0 saturated carbocycles. The summed E-state index contributed by atoms with van der Waals surface area (Å²) in [5, 5.41) is 0.960. The predicted molar refractivity (Wildman–Crippen MR) is 133 cm³/mol. The zero-order valence-corrected chi connectivity index (χ0v) is 19.6. The number of piperidine rings is 1. The monoisotopic (exact) mass is 476 g/mol. The van der Waals surface area contributed by atoms with Gasteiger partial charge in [-0.2, -0.15) is 0 Å². The van der Waals surface area contributed by atoms with Crippen molar-refractivity contribution in [3.8, 4) is 0 Å². The SMILES string of the molecule is CCn1c(N2CCC[C@@H](N)C2)nc2c(=O)n(CC(N)=O)n(Cc3ccc4ccccc4n3)c(=O)c21. The molecule has 1 aromatic carbocycles. The molecule has 11 nitrogen and oxygen atoms in total. The normalized spacial score (nSPS) is 16.3. The van der Waals surface area contributed by atoms with Crippen molar-refractivity contribution >= 4 is 33.8 Å². The highest BCUT2D eigenvalue weighted by Gasteiger charge is 2.27. The summed E-state index contributed by atoms with van der Waals surface area (Å²) in [5.41, 5.74) is 12.2. The first-order chi connectivity index (χ1) is 16.9. The fourth-order valence-corrected chi connectivity index (χ4v) is 4.82. The molecule has 1 atom stereocenters. The maximum Gasteiger partial charge on any atom is 0.294 e. The molecular formula is C24H28N8O3. The minimum absolute atomic E-state index is 0.000936. The lowest BCUT2D eigenvalue weighted by Gasteiger charge is -2.31. The van der Waals surface area contributed by atoms with Crippen molar-refractivity contribution in [1.82, 2.24) is 23.9 Å². The molecule has 1 amide bonds. The number of rotatable bonds is 6. The number of benzene rings is 1. The summed E-state index contributed by atoms with van der Waals surface area (Å²) < 4.78 is 4.07. The van der Waals surface area contributed by atoms with Crippen molar-refractivity contribution in [2.24, 2.45) is 11.5 Å². The third kappa shape index (κ3) is 4.08. The van der Waals surface area contributed by atoms with Gasteiger partial charge >= 0.3 is 0 Å². The zero-order valence-electron chi connectivity index (χ0n) is 19.6. The molecule has 35 heavy (non-hydrogen) atoms. The van der Waals surface area contributed by atoms with Crippen molar-refractivity contribution in [3.05, 3.63) is 62.8 Å². The second-order valence-electron chi connectivity index (χ2n) is 8.89. The number of hydrogen-bond acceptors (Lipinski definition) is 7. The maximum absolute atomic E-state index is 13.8. The van der Waals surface area contributed by atoms with E-state index in [4.69, 9.17) is 11.5 Å². The van der Waals surface area contributed by atoms with Gasteiger partial charge in [0.1, 0.15) is 12.1 Å². The first-order valence-corrected chi connectivity index (χ1v) is 11.7. The first kappa shape index (κ1) is 22.8. The van der Waals surface area contributed by atoms with E-state index in [-0.39, 0.29) is 23.6 Å². The molecule has 4 aromatic rings. The molecule has 0 spiro atoms. The maximum atomic E-state index is 13.8. The molecule has 1 aliphatic heterocycles. The molecule has 0 unspecified atom stereocenters. The molecule has 4 N–H and O–H groups in total. The lowest BCUT2D eigenvalue weighted by molar-refractivity contribution is -0.119. The van der Waals surface area contributed by atoms with Gasteiger partial charge in [0.2, 0.25) is 11.9 Å². The van der Waals surface area contributed by atoms with Crippen LogP contribution in [0.3, 0.4) is 0 Å². The number of carbonyl (C=O) groups is 1. The number of primary amides is 1. The number of nitrogens with two attached hydrogens (primary N) is 2. The van der Waals surface area contributed by atoms with Crippen molar-refractivity contribution in [2.45, 2.75) is 45.4 Å². The highest BCUT2D eigenvalue weighted by Crippen LogP contribution is 2.22. The largest absolute Gasteiger partial charge is 0.368 e. The number of aryl methyl sites for hydroxylation is 1. The molecule has 4 heterocycles. The topological polar surface area (TPSA) is 147 Å². The van der Waals surface area contributed by atoms with E-state index < -0.39 is 23.6 Å². The Morgan fingerprint density at radius 3 is 2.63 bits per heavy atom. The van der Waals surface area contributed by atoms with Gasteiger partial charge in [-0.25, -0.2) is 14.3 Å². The van der Waals surface area contributed by atoms with E-state index in [1.165, 1.54) is 4.68 Å². The van der Waals surface area contributed by atoms with E-state index >= 15 is 0 Å². The fraction of sp³-hybridized carbons (Fsp3) is 0.375. The van der Waals surface area contributed by atoms with Crippen LogP contribution in [-0.2, 0) is 24.4 Å². The molecule has 3 aromatic heterocycles. The Labute approximate surface area is 200 Å². The highest BCUT2D eigenvalue weighted by atomic mass is 16.2. The van der Waals surface area contributed by atoms with Crippen LogP contribution in [-0.4, -0.2) is 48.9 Å². The van der Waals surface area contributed by atoms with Crippen LogP contribution >= 0.6 is 0 Å². The Balaban J connectivity index is 1.71. The summed E-state index contributed by atoms with van der Waals surface area (Å²) in [6.07, 6.45) is 1.82. The van der Waals surface area contributed by atoms with Crippen LogP contribution in [0, 0.1) is 0 Å². The van der Waals surface area contributed by atoms with Gasteiger partial charge in [0.05, 0.1) is 17.8 Å². The third-order valence-corrected chi connectivity index (χ3v) is 6.44. The molecule has 1 saturated heterocycles. The Bertz CT molecular complexity index is 1550. The van der Waals surface area contributed by atoms with E-state index in [0.29, 0.717) is 24.7 Å². The number of nitrogens with zero attached hydrogens (tertiary/aromatic N) is 6. The lowest BCUT2D eigenvalue weighted by Crippen LogP contribution is -2.44. The number of carbonyl (C=O) groups excluding carboxylic acids is 1. The van der Waals surface area contributed by atoms with Crippen molar-refractivity contribution in [1.29, 1.82) is 0 Å². The molecular weight excluding hydrogens is 448 g/mol. The van der Waals surface area contributed by atoms with Crippen LogP contribution in [0.4, 0.5) is 5.95 Å². The van der Waals surface area contributed by atoms with E-state index in [9.17, 15) is 14.4 Å². The number of aromatic nitrogens is 5. The zero-order chi connectivity index (χ0) is 24.7. The van der Waals surface area contributed by atoms with E-state index in [2.05, 4.69) is 9.97 Å². The van der Waals surface area contributed by atoms with Crippen LogP contribution in [0.1, 0.15) is 25.5 Å². The second kappa shape index (κ2) is 8.99. The van der Waals surface area contributed by atoms with Crippen molar-refractivity contribution < 1.29 is 4.79 Å². The third-order valence-electron chi connectivity index (χ3n) is 6.44. The smallest absolute Gasteiger partial charge is 0.294 e. The summed E-state index contributed by atoms with van der Waals surface area (Å²) in [6, 6.07) is 11.3. The number of para-hydroxylation sites is 1. The number of fused-ring (bicyclic) bond motifs is 2. The van der Waals surface area contributed by atoms with Gasteiger partial charge in [0.25, 0.3) is 11.1 Å². The summed E-state index contributed by atoms with van der Waals surface area (Å²) in [6.45, 7) is 3.23. The van der Waals surface area contributed by atoms with Crippen LogP contribution in [0.25, 0.3) is 21.9 Å². The minimum Gasteiger partial charge on any atom is -0.368 e. The van der Waals surface area contributed by atoms with Gasteiger partial charge < -0.3 is 20.9 Å².